The Bertz CT molecular complexity index is 563. The molecule has 2 amide bonds. The van der Waals surface area contributed by atoms with Crippen molar-refractivity contribution in [2.75, 3.05) is 6.54 Å². The van der Waals surface area contributed by atoms with E-state index >= 15 is 0 Å². The van der Waals surface area contributed by atoms with E-state index in [1.54, 1.807) is 23.1 Å². The minimum atomic E-state index is -0.343. The van der Waals surface area contributed by atoms with Crippen LogP contribution in [0.2, 0.25) is 10.0 Å². The molecule has 0 spiro atoms. The Balaban J connectivity index is 2.09. The van der Waals surface area contributed by atoms with Crippen LogP contribution in [0.4, 0.5) is 0 Å². The van der Waals surface area contributed by atoms with Crippen molar-refractivity contribution in [3.05, 3.63) is 33.8 Å². The number of hydrogen-bond acceptors (Lipinski definition) is 2. The van der Waals surface area contributed by atoms with Crippen molar-refractivity contribution in [3.63, 3.8) is 0 Å². The smallest absolute Gasteiger partial charge is 0.227 e. The molecule has 6 heteroatoms. The largest absolute Gasteiger partial charge is 0.369 e. The van der Waals surface area contributed by atoms with Gasteiger partial charge in [0.25, 0.3) is 0 Å². The molecule has 114 valence electrons. The number of carbonyl (C=O) groups is 2. The van der Waals surface area contributed by atoms with Gasteiger partial charge in [0, 0.05) is 22.6 Å². The second kappa shape index (κ2) is 6.67. The third kappa shape index (κ3) is 3.89. The number of amides is 2. The fraction of sp³-hybridized carbons (Fsp3) is 0.467. The summed E-state index contributed by atoms with van der Waals surface area (Å²) in [4.78, 5) is 25.5. The number of likely N-dealkylation sites (tertiary alicyclic amines) is 1. The Morgan fingerprint density at radius 3 is 2.67 bits per heavy atom. The van der Waals surface area contributed by atoms with Crippen molar-refractivity contribution in [1.29, 1.82) is 0 Å². The Morgan fingerprint density at radius 2 is 2.05 bits per heavy atom. The number of nitrogens with zero attached hydrogens (tertiary/aromatic N) is 1. The van der Waals surface area contributed by atoms with Gasteiger partial charge in [0.1, 0.15) is 0 Å². The van der Waals surface area contributed by atoms with Crippen LogP contribution < -0.4 is 5.73 Å². The first kappa shape index (κ1) is 16.1. The molecule has 1 aromatic rings. The van der Waals surface area contributed by atoms with E-state index in [0.717, 1.165) is 18.4 Å². The maximum atomic E-state index is 12.5. The minimum absolute atomic E-state index is 0.0438. The molecule has 0 radical (unpaired) electrons. The zero-order valence-electron chi connectivity index (χ0n) is 11.8. The predicted octanol–water partition coefficient (Wildman–Crippen LogP) is 2.65. The maximum absolute atomic E-state index is 12.5. The molecule has 1 heterocycles. The fourth-order valence-electron chi connectivity index (χ4n) is 2.62. The minimum Gasteiger partial charge on any atom is -0.369 e. The molecule has 1 aliphatic rings. The summed E-state index contributed by atoms with van der Waals surface area (Å²) < 4.78 is 0. The Kier molecular flexibility index (Phi) is 5.12. The number of carbonyl (C=O) groups excluding carboxylic acids is 2. The number of rotatable bonds is 3. The molecule has 21 heavy (non-hydrogen) atoms. The molecule has 0 saturated carbocycles. The quantitative estimate of drug-likeness (QED) is 0.927. The van der Waals surface area contributed by atoms with Gasteiger partial charge in [-0.1, -0.05) is 29.3 Å². The number of nitrogens with two attached hydrogens (primary N) is 1. The molecular weight excluding hydrogens is 311 g/mol. The summed E-state index contributed by atoms with van der Waals surface area (Å²) in [6, 6.07) is 5.20. The van der Waals surface area contributed by atoms with E-state index in [1.165, 1.54) is 0 Å². The number of piperidine rings is 1. The highest BCUT2D eigenvalue weighted by atomic mass is 35.5. The summed E-state index contributed by atoms with van der Waals surface area (Å²) in [6.45, 7) is 2.37. The Hall–Kier alpha value is -1.26. The van der Waals surface area contributed by atoms with E-state index in [-0.39, 0.29) is 30.2 Å². The zero-order valence-corrected chi connectivity index (χ0v) is 13.3. The normalized spacial score (nSPS) is 22.1. The summed E-state index contributed by atoms with van der Waals surface area (Å²) >= 11 is 11.9. The summed E-state index contributed by atoms with van der Waals surface area (Å²) in [5.74, 6) is -0.646. The summed E-state index contributed by atoms with van der Waals surface area (Å²) in [7, 11) is 0. The Labute approximate surface area is 134 Å². The maximum Gasteiger partial charge on any atom is 0.227 e. The van der Waals surface area contributed by atoms with Crippen LogP contribution in [0.15, 0.2) is 18.2 Å². The molecule has 2 atom stereocenters. The lowest BCUT2D eigenvalue weighted by molar-refractivity contribution is -0.136. The lowest BCUT2D eigenvalue weighted by Gasteiger charge is -2.37. The third-order valence-electron chi connectivity index (χ3n) is 3.96. The van der Waals surface area contributed by atoms with Crippen LogP contribution in [-0.4, -0.2) is 29.3 Å². The number of primary amides is 1. The van der Waals surface area contributed by atoms with E-state index in [2.05, 4.69) is 0 Å². The van der Waals surface area contributed by atoms with E-state index < -0.39 is 0 Å². The first-order valence-corrected chi connectivity index (χ1v) is 7.66. The van der Waals surface area contributed by atoms with Gasteiger partial charge in [-0.15, -0.1) is 0 Å². The summed E-state index contributed by atoms with van der Waals surface area (Å²) in [5, 5.41) is 1.02. The topological polar surface area (TPSA) is 63.4 Å². The van der Waals surface area contributed by atoms with Gasteiger partial charge in [-0.25, -0.2) is 0 Å². The SMILES string of the molecule is C[C@H]1CC[C@H](C(N)=O)CN1C(=O)Cc1ccc(Cl)cc1Cl. The molecule has 0 aromatic heterocycles. The van der Waals surface area contributed by atoms with Crippen molar-refractivity contribution >= 4 is 35.0 Å². The zero-order chi connectivity index (χ0) is 15.6. The van der Waals surface area contributed by atoms with Gasteiger partial charge >= 0.3 is 0 Å². The third-order valence-corrected chi connectivity index (χ3v) is 4.55. The van der Waals surface area contributed by atoms with Gasteiger partial charge < -0.3 is 10.6 Å². The highest BCUT2D eigenvalue weighted by Gasteiger charge is 2.31. The molecule has 0 aliphatic carbocycles. The monoisotopic (exact) mass is 328 g/mol. The number of halogens is 2. The fourth-order valence-corrected chi connectivity index (χ4v) is 3.09. The van der Waals surface area contributed by atoms with E-state index in [9.17, 15) is 9.59 Å². The summed E-state index contributed by atoms with van der Waals surface area (Å²) in [5.41, 5.74) is 6.09. The van der Waals surface area contributed by atoms with Crippen LogP contribution in [0.1, 0.15) is 25.3 Å². The average molecular weight is 329 g/mol. The lowest BCUT2D eigenvalue weighted by Crippen LogP contribution is -2.49. The van der Waals surface area contributed by atoms with Crippen LogP contribution in [0.5, 0.6) is 0 Å². The van der Waals surface area contributed by atoms with Crippen LogP contribution in [0.25, 0.3) is 0 Å². The van der Waals surface area contributed by atoms with Gasteiger partial charge in [0.05, 0.1) is 12.3 Å². The standard InChI is InChI=1S/C15H18Cl2N2O2/c1-9-2-3-11(15(18)21)8-19(9)14(20)6-10-4-5-12(16)7-13(10)17/h4-5,7,9,11H,2-3,6,8H2,1H3,(H2,18,21)/t9-,11-/m0/s1. The number of hydrogen-bond donors (Lipinski definition) is 1. The van der Waals surface area contributed by atoms with Crippen LogP contribution in [0, 0.1) is 5.92 Å². The van der Waals surface area contributed by atoms with Gasteiger partial charge in [-0.3, -0.25) is 9.59 Å². The first-order chi connectivity index (χ1) is 9.88. The molecule has 0 bridgehead atoms. The highest BCUT2D eigenvalue weighted by Crippen LogP contribution is 2.25. The molecule has 1 fully saturated rings. The van der Waals surface area contributed by atoms with Crippen molar-refractivity contribution in [2.45, 2.75) is 32.2 Å². The molecule has 1 aromatic carbocycles. The van der Waals surface area contributed by atoms with Crippen LogP contribution in [0.3, 0.4) is 0 Å². The molecule has 4 nitrogen and oxygen atoms in total. The van der Waals surface area contributed by atoms with Crippen molar-refractivity contribution < 1.29 is 9.59 Å². The summed E-state index contributed by atoms with van der Waals surface area (Å²) in [6.07, 6.45) is 1.72. The second-order valence-corrected chi connectivity index (χ2v) is 6.33. The molecule has 2 N–H and O–H groups in total. The van der Waals surface area contributed by atoms with Crippen LogP contribution in [-0.2, 0) is 16.0 Å². The second-order valence-electron chi connectivity index (χ2n) is 5.48. The highest BCUT2D eigenvalue weighted by molar-refractivity contribution is 6.35. The average Bonchev–Trinajstić information content (AvgIpc) is 2.42. The van der Waals surface area contributed by atoms with Crippen molar-refractivity contribution in [2.24, 2.45) is 11.7 Å². The molecule has 1 aliphatic heterocycles. The van der Waals surface area contributed by atoms with Crippen molar-refractivity contribution in [3.8, 4) is 0 Å². The number of benzene rings is 1. The van der Waals surface area contributed by atoms with Gasteiger partial charge in [-0.05, 0) is 37.5 Å². The van der Waals surface area contributed by atoms with Gasteiger partial charge in [0.15, 0.2) is 0 Å². The first-order valence-electron chi connectivity index (χ1n) is 6.91. The van der Waals surface area contributed by atoms with E-state index in [1.807, 2.05) is 6.92 Å². The van der Waals surface area contributed by atoms with Gasteiger partial charge in [0.2, 0.25) is 11.8 Å². The van der Waals surface area contributed by atoms with Gasteiger partial charge in [-0.2, -0.15) is 0 Å². The molecule has 2 rings (SSSR count). The molecular formula is C15H18Cl2N2O2. The predicted molar refractivity (Wildman–Crippen MR) is 83.3 cm³/mol. The van der Waals surface area contributed by atoms with E-state index in [4.69, 9.17) is 28.9 Å². The molecule has 1 saturated heterocycles. The molecule has 0 unspecified atom stereocenters. The van der Waals surface area contributed by atoms with E-state index in [0.29, 0.717) is 16.6 Å². The van der Waals surface area contributed by atoms with Crippen molar-refractivity contribution in [1.82, 2.24) is 4.90 Å². The van der Waals surface area contributed by atoms with Crippen LogP contribution >= 0.6 is 23.2 Å². The Morgan fingerprint density at radius 1 is 1.33 bits per heavy atom. The lowest BCUT2D eigenvalue weighted by atomic mass is 9.92.